The van der Waals surface area contributed by atoms with E-state index in [-0.39, 0.29) is 12.6 Å². The summed E-state index contributed by atoms with van der Waals surface area (Å²) in [7, 11) is 1.64. The number of methoxy groups -OCH3 is 1. The standard InChI is InChI=1S/C24H22N2O3/c1-28-19-12-13-22-20(14-19)21(15-25-22)23(18-10-6-3-7-11-18)26-24(27)29-16-17-8-4-2-5-9-17/h2-15,23,25H,16H2,1H3,(H,26,27). The monoisotopic (exact) mass is 386 g/mol. The highest BCUT2D eigenvalue weighted by atomic mass is 16.5. The van der Waals surface area contributed by atoms with Crippen LogP contribution in [0.5, 0.6) is 5.75 Å². The first-order chi connectivity index (χ1) is 14.2. The Balaban J connectivity index is 1.62. The highest BCUT2D eigenvalue weighted by molar-refractivity contribution is 5.86. The topological polar surface area (TPSA) is 63.3 Å². The van der Waals surface area contributed by atoms with Gasteiger partial charge in [-0.25, -0.2) is 4.79 Å². The zero-order valence-corrected chi connectivity index (χ0v) is 16.1. The molecule has 0 aliphatic rings. The van der Waals surface area contributed by atoms with E-state index < -0.39 is 6.09 Å². The molecule has 146 valence electrons. The molecule has 0 spiro atoms. The maximum atomic E-state index is 12.6. The fraction of sp³-hybridized carbons (Fsp3) is 0.125. The smallest absolute Gasteiger partial charge is 0.408 e. The Hall–Kier alpha value is -3.73. The first-order valence-corrected chi connectivity index (χ1v) is 9.42. The van der Waals surface area contributed by atoms with E-state index in [1.165, 1.54) is 0 Å². The van der Waals surface area contributed by atoms with Crippen molar-refractivity contribution >= 4 is 17.0 Å². The van der Waals surface area contributed by atoms with Gasteiger partial charge in [0.15, 0.2) is 0 Å². The summed E-state index contributed by atoms with van der Waals surface area (Å²) in [5.74, 6) is 0.761. The number of amides is 1. The summed E-state index contributed by atoms with van der Waals surface area (Å²) < 4.78 is 10.8. The molecule has 1 amide bonds. The number of fused-ring (bicyclic) bond motifs is 1. The van der Waals surface area contributed by atoms with Gasteiger partial charge in [0.05, 0.1) is 13.2 Å². The third-order valence-electron chi connectivity index (χ3n) is 4.84. The molecule has 4 rings (SSSR count). The first kappa shape index (κ1) is 18.6. The SMILES string of the molecule is COc1ccc2[nH]cc(C(NC(=O)OCc3ccccc3)c3ccccc3)c2c1. The van der Waals surface area contributed by atoms with Gasteiger partial charge < -0.3 is 19.8 Å². The first-order valence-electron chi connectivity index (χ1n) is 9.42. The van der Waals surface area contributed by atoms with Crippen LogP contribution in [0, 0.1) is 0 Å². The molecule has 1 aromatic heterocycles. The maximum Gasteiger partial charge on any atom is 0.408 e. The number of hydrogen-bond acceptors (Lipinski definition) is 3. The molecule has 0 radical (unpaired) electrons. The highest BCUT2D eigenvalue weighted by Gasteiger charge is 2.21. The van der Waals surface area contributed by atoms with Crippen LogP contribution in [-0.4, -0.2) is 18.2 Å². The Morgan fingerprint density at radius 3 is 2.45 bits per heavy atom. The number of nitrogens with one attached hydrogen (secondary N) is 2. The zero-order valence-electron chi connectivity index (χ0n) is 16.1. The number of carbonyl (C=O) groups is 1. The van der Waals surface area contributed by atoms with E-state index in [0.29, 0.717) is 0 Å². The van der Waals surface area contributed by atoms with E-state index in [4.69, 9.17) is 9.47 Å². The molecule has 0 saturated heterocycles. The Labute approximate surface area is 169 Å². The number of benzene rings is 3. The number of rotatable bonds is 6. The second-order valence-electron chi connectivity index (χ2n) is 6.71. The number of H-pyrrole nitrogens is 1. The van der Waals surface area contributed by atoms with E-state index in [2.05, 4.69) is 10.3 Å². The molecule has 0 bridgehead atoms. The fourth-order valence-corrected chi connectivity index (χ4v) is 3.36. The summed E-state index contributed by atoms with van der Waals surface area (Å²) in [6.07, 6.45) is 1.44. The minimum Gasteiger partial charge on any atom is -0.497 e. The lowest BCUT2D eigenvalue weighted by atomic mass is 9.98. The van der Waals surface area contributed by atoms with Crippen molar-refractivity contribution in [3.63, 3.8) is 0 Å². The van der Waals surface area contributed by atoms with Gasteiger partial charge in [-0.3, -0.25) is 0 Å². The molecular weight excluding hydrogens is 364 g/mol. The Morgan fingerprint density at radius 2 is 1.72 bits per heavy atom. The van der Waals surface area contributed by atoms with Gasteiger partial charge in [-0.1, -0.05) is 60.7 Å². The summed E-state index contributed by atoms with van der Waals surface area (Å²) >= 11 is 0. The zero-order chi connectivity index (χ0) is 20.1. The molecule has 0 aliphatic carbocycles. The lowest BCUT2D eigenvalue weighted by molar-refractivity contribution is 0.137. The van der Waals surface area contributed by atoms with E-state index in [9.17, 15) is 4.79 Å². The van der Waals surface area contributed by atoms with Gasteiger partial charge in [-0.15, -0.1) is 0 Å². The number of carbonyl (C=O) groups excluding carboxylic acids is 1. The molecule has 1 heterocycles. The highest BCUT2D eigenvalue weighted by Crippen LogP contribution is 2.31. The molecule has 5 nitrogen and oxygen atoms in total. The van der Waals surface area contributed by atoms with E-state index in [0.717, 1.165) is 33.3 Å². The van der Waals surface area contributed by atoms with Crippen LogP contribution >= 0.6 is 0 Å². The molecule has 2 N–H and O–H groups in total. The summed E-state index contributed by atoms with van der Waals surface area (Å²) in [6, 6.07) is 24.9. The van der Waals surface area contributed by atoms with Gasteiger partial charge in [0, 0.05) is 22.7 Å². The maximum absolute atomic E-state index is 12.6. The largest absolute Gasteiger partial charge is 0.497 e. The molecule has 1 unspecified atom stereocenters. The third kappa shape index (κ3) is 4.24. The second kappa shape index (κ2) is 8.52. The molecule has 1 atom stereocenters. The molecule has 4 aromatic rings. The van der Waals surface area contributed by atoms with Crippen molar-refractivity contribution < 1.29 is 14.3 Å². The average Bonchev–Trinajstić information content (AvgIpc) is 3.20. The Kier molecular flexibility index (Phi) is 5.47. The van der Waals surface area contributed by atoms with Crippen LogP contribution < -0.4 is 10.1 Å². The van der Waals surface area contributed by atoms with E-state index in [1.54, 1.807) is 7.11 Å². The lowest BCUT2D eigenvalue weighted by Crippen LogP contribution is -2.29. The van der Waals surface area contributed by atoms with Gasteiger partial charge in [0.25, 0.3) is 0 Å². The predicted octanol–water partition coefficient (Wildman–Crippen LogP) is 5.19. The van der Waals surface area contributed by atoms with Crippen LogP contribution in [0.1, 0.15) is 22.7 Å². The van der Waals surface area contributed by atoms with Gasteiger partial charge >= 0.3 is 6.09 Å². The molecular formula is C24H22N2O3. The van der Waals surface area contributed by atoms with Crippen molar-refractivity contribution in [2.24, 2.45) is 0 Å². The third-order valence-corrected chi connectivity index (χ3v) is 4.84. The van der Waals surface area contributed by atoms with Crippen molar-refractivity contribution in [3.8, 4) is 5.75 Å². The Morgan fingerprint density at radius 1 is 1.00 bits per heavy atom. The Bertz CT molecular complexity index is 1090. The number of hydrogen-bond donors (Lipinski definition) is 2. The van der Waals surface area contributed by atoms with Crippen LogP contribution in [0.2, 0.25) is 0 Å². The molecule has 5 heteroatoms. The van der Waals surface area contributed by atoms with Crippen molar-refractivity contribution in [3.05, 3.63) is 102 Å². The van der Waals surface area contributed by atoms with E-state index >= 15 is 0 Å². The lowest BCUT2D eigenvalue weighted by Gasteiger charge is -2.19. The second-order valence-corrected chi connectivity index (χ2v) is 6.71. The summed E-state index contributed by atoms with van der Waals surface area (Å²) in [4.78, 5) is 15.9. The van der Waals surface area contributed by atoms with Gasteiger partial charge in [0.2, 0.25) is 0 Å². The van der Waals surface area contributed by atoms with Crippen molar-refractivity contribution in [2.45, 2.75) is 12.6 Å². The van der Waals surface area contributed by atoms with Gasteiger partial charge in [-0.2, -0.15) is 0 Å². The van der Waals surface area contributed by atoms with E-state index in [1.807, 2.05) is 85.1 Å². The summed E-state index contributed by atoms with van der Waals surface area (Å²) in [5, 5.41) is 4.00. The van der Waals surface area contributed by atoms with Crippen LogP contribution in [0.15, 0.2) is 85.1 Å². The molecule has 0 fully saturated rings. The summed E-state index contributed by atoms with van der Waals surface area (Å²) in [5.41, 5.74) is 3.83. The van der Waals surface area contributed by atoms with Gasteiger partial charge in [0.1, 0.15) is 12.4 Å². The van der Waals surface area contributed by atoms with Crippen molar-refractivity contribution in [1.29, 1.82) is 0 Å². The van der Waals surface area contributed by atoms with Crippen LogP contribution in [0.3, 0.4) is 0 Å². The number of aromatic nitrogens is 1. The minimum absolute atomic E-state index is 0.218. The number of aromatic amines is 1. The van der Waals surface area contributed by atoms with Crippen molar-refractivity contribution in [2.75, 3.05) is 7.11 Å². The van der Waals surface area contributed by atoms with Crippen molar-refractivity contribution in [1.82, 2.24) is 10.3 Å². The molecule has 3 aromatic carbocycles. The molecule has 29 heavy (non-hydrogen) atoms. The van der Waals surface area contributed by atoms with Crippen LogP contribution in [0.4, 0.5) is 4.79 Å². The minimum atomic E-state index is -0.472. The molecule has 0 aliphatic heterocycles. The van der Waals surface area contributed by atoms with Crippen LogP contribution in [-0.2, 0) is 11.3 Å². The summed E-state index contributed by atoms with van der Waals surface area (Å²) in [6.45, 7) is 0.218. The number of ether oxygens (including phenoxy) is 2. The quantitative estimate of drug-likeness (QED) is 0.479. The normalized spacial score (nSPS) is 11.8. The average molecular weight is 386 g/mol. The van der Waals surface area contributed by atoms with Crippen LogP contribution in [0.25, 0.3) is 10.9 Å². The number of alkyl carbamates (subject to hydrolysis) is 1. The fourth-order valence-electron chi connectivity index (χ4n) is 3.36. The van der Waals surface area contributed by atoms with Gasteiger partial charge in [-0.05, 0) is 29.3 Å². The predicted molar refractivity (Wildman–Crippen MR) is 113 cm³/mol. The molecule has 0 saturated carbocycles.